The molecule has 1 saturated carbocycles. The van der Waals surface area contributed by atoms with E-state index < -0.39 is 41.7 Å². The highest BCUT2D eigenvalue weighted by Crippen LogP contribution is 2.40. The molecule has 0 aliphatic heterocycles. The third kappa shape index (κ3) is 4.08. The summed E-state index contributed by atoms with van der Waals surface area (Å²) < 4.78 is 83.3. The number of carbonyl (C=O) groups is 2. The fourth-order valence-electron chi connectivity index (χ4n) is 2.39. The van der Waals surface area contributed by atoms with E-state index in [9.17, 15) is 35.9 Å². The Labute approximate surface area is 127 Å². The van der Waals surface area contributed by atoms with E-state index in [4.69, 9.17) is 5.11 Å². The number of carbonyl (C=O) groups excluding carboxylic acids is 1. The van der Waals surface area contributed by atoms with Crippen LogP contribution in [0.3, 0.4) is 0 Å². The molecule has 1 unspecified atom stereocenters. The molecule has 10 heteroatoms. The van der Waals surface area contributed by atoms with Gasteiger partial charge in [0.2, 0.25) is 0 Å². The first-order valence-corrected chi connectivity index (χ1v) is 6.89. The molecule has 0 amide bonds. The third-order valence-corrected chi connectivity index (χ3v) is 3.76. The highest BCUT2D eigenvalue weighted by Gasteiger charge is 2.63. The highest BCUT2D eigenvalue weighted by molar-refractivity contribution is 5.81. The molecule has 1 rings (SSSR count). The number of hydrogen-bond acceptors (Lipinski definition) is 3. The lowest BCUT2D eigenvalue weighted by molar-refractivity contribution is -0.242. The van der Waals surface area contributed by atoms with E-state index in [1.54, 1.807) is 0 Å². The normalized spacial score (nSPS) is 19.3. The summed E-state index contributed by atoms with van der Waals surface area (Å²) in [5.41, 5.74) is 0. The molecular weight excluding hydrogens is 334 g/mol. The zero-order valence-corrected chi connectivity index (χ0v) is 12.1. The van der Waals surface area contributed by atoms with Gasteiger partial charge in [0.05, 0.1) is 0 Å². The Morgan fingerprint density at radius 1 is 1.04 bits per heavy atom. The number of ether oxygens (including phenoxy) is 1. The van der Waals surface area contributed by atoms with E-state index in [0.717, 1.165) is 0 Å². The van der Waals surface area contributed by atoms with Gasteiger partial charge < -0.3 is 9.84 Å². The number of hydrogen-bond donors (Lipinski definition) is 1. The third-order valence-electron chi connectivity index (χ3n) is 3.76. The molecule has 0 spiro atoms. The lowest BCUT2D eigenvalue weighted by Gasteiger charge is -2.34. The minimum atomic E-state index is -5.34. The van der Waals surface area contributed by atoms with Crippen LogP contribution in [-0.2, 0) is 14.3 Å². The van der Waals surface area contributed by atoms with Crippen LogP contribution in [0.15, 0.2) is 0 Å². The summed E-state index contributed by atoms with van der Waals surface area (Å²) in [5.74, 6) is -21.6. The molecular formula is C13H16F6O4. The second kappa shape index (κ2) is 6.56. The van der Waals surface area contributed by atoms with Gasteiger partial charge in [-0.05, 0) is 12.8 Å². The van der Waals surface area contributed by atoms with Gasteiger partial charge in [0, 0.05) is 12.8 Å². The number of aliphatic carboxylic acids is 1. The molecule has 1 aliphatic rings. The largest absolute Gasteiger partial charge is 0.477 e. The van der Waals surface area contributed by atoms with Gasteiger partial charge in [-0.2, -0.15) is 26.3 Å². The highest BCUT2D eigenvalue weighted by atomic mass is 19.3. The number of carboxylic acid groups (broad SMARTS) is 1. The van der Waals surface area contributed by atoms with E-state index in [1.165, 1.54) is 0 Å². The molecule has 0 heterocycles. The Morgan fingerprint density at radius 3 is 1.91 bits per heavy atom. The molecule has 0 radical (unpaired) electrons. The van der Waals surface area contributed by atoms with Crippen molar-refractivity contribution < 1.29 is 45.8 Å². The predicted molar refractivity (Wildman–Crippen MR) is 64.6 cm³/mol. The molecule has 23 heavy (non-hydrogen) atoms. The van der Waals surface area contributed by atoms with Gasteiger partial charge in [-0.1, -0.05) is 19.3 Å². The van der Waals surface area contributed by atoms with Crippen LogP contribution in [0.2, 0.25) is 0 Å². The molecule has 0 aromatic carbocycles. The van der Waals surface area contributed by atoms with Gasteiger partial charge in [0.15, 0.2) is 6.10 Å². The summed E-state index contributed by atoms with van der Waals surface area (Å²) in [5, 5.41) is 8.54. The molecule has 0 bridgehead atoms. The Morgan fingerprint density at radius 2 is 1.52 bits per heavy atom. The summed E-state index contributed by atoms with van der Waals surface area (Å²) in [7, 11) is 0. The minimum absolute atomic E-state index is 0.0227. The lowest BCUT2D eigenvalue weighted by Crippen LogP contribution is -2.53. The quantitative estimate of drug-likeness (QED) is 0.588. The van der Waals surface area contributed by atoms with Crippen molar-refractivity contribution in [3.63, 3.8) is 0 Å². The van der Waals surface area contributed by atoms with Gasteiger partial charge in [-0.3, -0.25) is 0 Å². The van der Waals surface area contributed by atoms with Crippen molar-refractivity contribution in [2.75, 3.05) is 0 Å². The minimum Gasteiger partial charge on any atom is -0.477 e. The average molecular weight is 350 g/mol. The van der Waals surface area contributed by atoms with Crippen LogP contribution in [-0.4, -0.2) is 40.9 Å². The second-order valence-electron chi connectivity index (χ2n) is 5.61. The smallest absolute Gasteiger partial charge is 0.404 e. The van der Waals surface area contributed by atoms with Crippen molar-refractivity contribution in [3.8, 4) is 0 Å². The van der Waals surface area contributed by atoms with E-state index in [2.05, 4.69) is 4.74 Å². The number of halogens is 6. The van der Waals surface area contributed by atoms with E-state index >= 15 is 0 Å². The molecule has 134 valence electrons. The Kier molecular flexibility index (Phi) is 5.58. The summed E-state index contributed by atoms with van der Waals surface area (Å²) in [6, 6.07) is 0. The number of carboxylic acids is 1. The second-order valence-corrected chi connectivity index (χ2v) is 5.61. The first-order chi connectivity index (χ1) is 10.3. The van der Waals surface area contributed by atoms with Crippen molar-refractivity contribution in [3.05, 3.63) is 0 Å². The summed E-state index contributed by atoms with van der Waals surface area (Å²) in [4.78, 5) is 21.9. The van der Waals surface area contributed by atoms with Gasteiger partial charge in [-0.25, -0.2) is 9.59 Å². The zero-order valence-electron chi connectivity index (χ0n) is 12.1. The number of esters is 1. The fraction of sp³-hybridized carbons (Fsp3) is 0.846. The first-order valence-electron chi connectivity index (χ1n) is 6.89. The first kappa shape index (κ1) is 19.6. The molecule has 1 atom stereocenters. The van der Waals surface area contributed by atoms with Gasteiger partial charge >= 0.3 is 29.7 Å². The van der Waals surface area contributed by atoms with Crippen LogP contribution in [0, 0.1) is 5.92 Å². The molecule has 1 N–H and O–H groups in total. The van der Waals surface area contributed by atoms with Crippen molar-refractivity contribution in [2.24, 2.45) is 5.92 Å². The Balaban J connectivity index is 3.06. The lowest BCUT2D eigenvalue weighted by atomic mass is 9.83. The van der Waals surface area contributed by atoms with Crippen LogP contribution in [0.4, 0.5) is 26.3 Å². The van der Waals surface area contributed by atoms with Crippen molar-refractivity contribution in [1.82, 2.24) is 0 Å². The van der Waals surface area contributed by atoms with Crippen LogP contribution in [0.25, 0.3) is 0 Å². The maximum absolute atomic E-state index is 13.7. The van der Waals surface area contributed by atoms with E-state index in [1.807, 2.05) is 0 Å². The molecule has 4 nitrogen and oxygen atoms in total. The molecule has 0 aromatic rings. The van der Waals surface area contributed by atoms with Gasteiger partial charge in [0.1, 0.15) is 0 Å². The summed E-state index contributed by atoms with van der Waals surface area (Å²) in [6.07, 6.45) is -1.19. The van der Waals surface area contributed by atoms with Crippen molar-refractivity contribution >= 4 is 11.9 Å². The maximum Gasteiger partial charge on any atom is 0.404 e. The Bertz CT molecular complexity index is 454. The van der Waals surface area contributed by atoms with Crippen LogP contribution >= 0.6 is 0 Å². The van der Waals surface area contributed by atoms with Crippen LogP contribution in [0.5, 0.6) is 0 Å². The van der Waals surface area contributed by atoms with Crippen LogP contribution < -0.4 is 0 Å². The SMILES string of the molecule is CC(F)(F)C(F)(F)C(=O)OC(C1CCCCC1)C(F)(F)C(=O)O. The monoisotopic (exact) mass is 350 g/mol. The fourth-order valence-corrected chi connectivity index (χ4v) is 2.39. The molecule has 0 aromatic heterocycles. The van der Waals surface area contributed by atoms with E-state index in [0.29, 0.717) is 19.3 Å². The molecule has 0 saturated heterocycles. The predicted octanol–water partition coefficient (Wildman–Crippen LogP) is 3.49. The van der Waals surface area contributed by atoms with Crippen LogP contribution in [0.1, 0.15) is 39.0 Å². The van der Waals surface area contributed by atoms with E-state index in [-0.39, 0.29) is 19.8 Å². The molecule has 1 aliphatic carbocycles. The number of alkyl halides is 6. The van der Waals surface area contributed by atoms with Gasteiger partial charge in [0.25, 0.3) is 0 Å². The van der Waals surface area contributed by atoms with Crippen molar-refractivity contribution in [1.29, 1.82) is 0 Å². The van der Waals surface area contributed by atoms with Crippen molar-refractivity contribution in [2.45, 2.75) is 62.9 Å². The molecule has 1 fully saturated rings. The summed E-state index contributed by atoms with van der Waals surface area (Å²) >= 11 is 0. The van der Waals surface area contributed by atoms with Gasteiger partial charge in [-0.15, -0.1) is 0 Å². The Hall–Kier alpha value is -1.48. The topological polar surface area (TPSA) is 63.6 Å². The standard InChI is InChI=1S/C13H16F6O4/c1-11(14,15)13(18,19)10(22)23-8(12(16,17)9(20)21)7-5-3-2-4-6-7/h7-8H,2-6H2,1H3,(H,20,21). The number of rotatable bonds is 6. The summed E-state index contributed by atoms with van der Waals surface area (Å²) in [6.45, 7) is -0.265. The maximum atomic E-state index is 13.7. The zero-order chi connectivity index (χ0) is 18.1. The average Bonchev–Trinajstić information content (AvgIpc) is 2.43.